The van der Waals surface area contributed by atoms with Crippen molar-refractivity contribution in [1.29, 1.82) is 5.26 Å². The standard InChI is InChI=1S/C76H86N2O4S3/c1-9-13-17-21-25-49-29-37-56-58-39-35-54(46-64(58)75(5,6)62(56)43-49)78(55-36-40-59-57-38-30-50(26-22-18-14-10-2)44-63(57)76(7,8)65(59)47-55)53-33-31-51(32-34-53)69-67-68(82-42-41-81-67)73(84-69)72-61(28-24-20-16-12-4)71-70(85-72)60(27-23-19-15-11-3)66(83-71)45-52(48-77)74(79)80/h29-40,43-47H,9-28,41-42H2,1-8H3,(H,79,80)/b52-45+. The van der Waals surface area contributed by atoms with Gasteiger partial charge in [0.1, 0.15) is 24.9 Å². The van der Waals surface area contributed by atoms with E-state index < -0.39 is 5.97 Å². The summed E-state index contributed by atoms with van der Waals surface area (Å²) >= 11 is 5.24. The number of hydrogen-bond acceptors (Lipinski definition) is 8. The van der Waals surface area contributed by atoms with Gasteiger partial charge in [-0.05, 0) is 166 Å². The number of anilines is 3. The molecule has 442 valence electrons. The highest BCUT2D eigenvalue weighted by Crippen LogP contribution is 2.59. The van der Waals surface area contributed by atoms with Crippen LogP contribution in [-0.4, -0.2) is 24.3 Å². The third kappa shape index (κ3) is 11.9. The second-order valence-electron chi connectivity index (χ2n) is 25.2. The summed E-state index contributed by atoms with van der Waals surface area (Å²) in [5, 5.41) is 19.9. The highest BCUT2D eigenvalue weighted by atomic mass is 32.1. The van der Waals surface area contributed by atoms with Gasteiger partial charge in [0.25, 0.3) is 0 Å². The van der Waals surface area contributed by atoms with Gasteiger partial charge in [0.2, 0.25) is 0 Å². The van der Waals surface area contributed by atoms with Gasteiger partial charge in [0.05, 0.1) is 14.6 Å². The van der Waals surface area contributed by atoms with Gasteiger partial charge in [0, 0.05) is 42.2 Å². The van der Waals surface area contributed by atoms with Crippen LogP contribution >= 0.6 is 34.0 Å². The highest BCUT2D eigenvalue weighted by Gasteiger charge is 2.39. The first-order valence-electron chi connectivity index (χ1n) is 32.1. The number of thiophene rings is 3. The fourth-order valence-corrected chi connectivity index (χ4v) is 18.0. The van der Waals surface area contributed by atoms with Crippen LogP contribution in [-0.2, 0) is 41.3 Å². The van der Waals surface area contributed by atoms with Crippen LogP contribution in [0.4, 0.5) is 17.1 Å². The zero-order valence-electron chi connectivity index (χ0n) is 51.7. The van der Waals surface area contributed by atoms with E-state index in [9.17, 15) is 15.2 Å². The first-order valence-corrected chi connectivity index (χ1v) is 34.6. The lowest BCUT2D eigenvalue weighted by atomic mass is 9.81. The fourth-order valence-electron chi connectivity index (χ4n) is 13.7. The summed E-state index contributed by atoms with van der Waals surface area (Å²) in [6.07, 6.45) is 24.6. The summed E-state index contributed by atoms with van der Waals surface area (Å²) in [5.74, 6) is 0.438. The topological polar surface area (TPSA) is 82.8 Å². The maximum Gasteiger partial charge on any atom is 0.346 e. The van der Waals surface area contributed by atoms with Gasteiger partial charge in [-0.3, -0.25) is 0 Å². The van der Waals surface area contributed by atoms with E-state index in [1.807, 2.05) is 17.4 Å². The number of hydrogen-bond donors (Lipinski definition) is 1. The smallest absolute Gasteiger partial charge is 0.346 e. The Morgan fingerprint density at radius 3 is 1.44 bits per heavy atom. The first kappa shape index (κ1) is 60.3. The molecule has 0 saturated heterocycles. The largest absolute Gasteiger partial charge is 0.485 e. The Labute approximate surface area is 518 Å². The minimum absolute atomic E-state index is 0.173. The number of benzene rings is 5. The lowest BCUT2D eigenvalue weighted by Gasteiger charge is -2.30. The molecule has 3 aromatic heterocycles. The van der Waals surface area contributed by atoms with E-state index in [0.29, 0.717) is 13.2 Å². The molecule has 3 aliphatic rings. The molecule has 6 nitrogen and oxygen atoms in total. The molecule has 5 aromatic carbocycles. The van der Waals surface area contributed by atoms with E-state index in [-0.39, 0.29) is 16.4 Å². The van der Waals surface area contributed by atoms with Crippen LogP contribution in [0.3, 0.4) is 0 Å². The Morgan fingerprint density at radius 1 is 0.518 bits per heavy atom. The van der Waals surface area contributed by atoms with Crippen LogP contribution in [0.25, 0.3) is 57.9 Å². The summed E-state index contributed by atoms with van der Waals surface area (Å²) in [6, 6.07) is 40.1. The lowest BCUT2D eigenvalue weighted by molar-refractivity contribution is -0.132. The summed E-state index contributed by atoms with van der Waals surface area (Å²) in [5.41, 5.74) is 20.2. The van der Waals surface area contributed by atoms with Crippen LogP contribution in [0.15, 0.2) is 103 Å². The van der Waals surface area contributed by atoms with Crippen molar-refractivity contribution in [1.82, 2.24) is 0 Å². The summed E-state index contributed by atoms with van der Waals surface area (Å²) in [4.78, 5) is 19.0. The third-order valence-corrected chi connectivity index (χ3v) is 22.5. The first-order chi connectivity index (χ1) is 41.3. The van der Waals surface area contributed by atoms with Gasteiger partial charge in [-0.15, -0.1) is 34.0 Å². The molecule has 8 aromatic rings. The monoisotopic (exact) mass is 1190 g/mol. The third-order valence-electron chi connectivity index (χ3n) is 18.5. The molecule has 0 fully saturated rings. The van der Waals surface area contributed by atoms with Gasteiger partial charge in [0.15, 0.2) is 11.5 Å². The zero-order valence-corrected chi connectivity index (χ0v) is 54.1. The Kier molecular flexibility index (Phi) is 18.6. The minimum atomic E-state index is -1.19. The SMILES string of the molecule is CCCCCCc1ccc2c(c1)C(C)(C)c1cc(N(c3ccc(-c4sc(-c5sc6c(CCCCCC)c(/C=C(\C#N)C(=O)O)sc6c5CCCCCC)c5c4OCCO5)cc3)c3ccc4c(c3)C(C)(C)c3cc(CCCCCC)ccc3-4)ccc1-2. The van der Waals surface area contributed by atoms with Crippen LogP contribution in [0.5, 0.6) is 11.5 Å². The number of rotatable bonds is 27. The summed E-state index contributed by atoms with van der Waals surface area (Å²) in [7, 11) is 0. The maximum atomic E-state index is 12.2. The van der Waals surface area contributed by atoms with Gasteiger partial charge in [-0.1, -0.05) is 193 Å². The number of nitrogens with zero attached hydrogens (tertiary/aromatic N) is 2. The second kappa shape index (κ2) is 26.3. The Hall–Kier alpha value is -6.44. The lowest BCUT2D eigenvalue weighted by Crippen LogP contribution is -2.18. The van der Waals surface area contributed by atoms with E-state index >= 15 is 0 Å². The van der Waals surface area contributed by atoms with Gasteiger partial charge in [-0.25, -0.2) is 4.79 Å². The molecular formula is C76H86N2O4S3. The molecule has 0 unspecified atom stereocenters. The van der Waals surface area contributed by atoms with Crippen molar-refractivity contribution in [3.05, 3.63) is 152 Å². The molecule has 0 saturated carbocycles. The molecular weight excluding hydrogens is 1100 g/mol. The van der Waals surface area contributed by atoms with Crippen molar-refractivity contribution < 1.29 is 19.4 Å². The molecule has 1 N–H and O–H groups in total. The second-order valence-corrected chi connectivity index (χ2v) is 28.3. The van der Waals surface area contributed by atoms with Crippen molar-refractivity contribution in [3.63, 3.8) is 0 Å². The van der Waals surface area contributed by atoms with Crippen molar-refractivity contribution in [2.75, 3.05) is 18.1 Å². The predicted molar refractivity (Wildman–Crippen MR) is 362 cm³/mol. The number of ether oxygens (including phenoxy) is 2. The number of aryl methyl sites for hydroxylation is 4. The van der Waals surface area contributed by atoms with Crippen LogP contribution < -0.4 is 14.4 Å². The Bertz CT molecular complexity index is 3680. The molecule has 0 spiro atoms. The molecule has 4 heterocycles. The molecule has 1 aliphatic heterocycles. The molecule has 0 bridgehead atoms. The normalized spacial score (nSPS) is 14.3. The quantitative estimate of drug-likeness (QED) is 0.0314. The van der Waals surface area contributed by atoms with E-state index in [2.05, 4.69) is 157 Å². The minimum Gasteiger partial charge on any atom is -0.485 e. The molecule has 9 heteroatoms. The number of unbranched alkanes of at least 4 members (excludes halogenated alkanes) is 12. The number of fused-ring (bicyclic) bond motifs is 8. The summed E-state index contributed by atoms with van der Waals surface area (Å²) in [6.45, 7) is 19.7. The number of carboxylic acids is 1. The van der Waals surface area contributed by atoms with E-state index in [1.54, 1.807) is 28.7 Å². The Balaban J connectivity index is 0.999. The van der Waals surface area contributed by atoms with E-state index in [0.717, 1.165) is 125 Å². The summed E-state index contributed by atoms with van der Waals surface area (Å²) < 4.78 is 15.8. The van der Waals surface area contributed by atoms with Crippen LogP contribution in [0.1, 0.15) is 208 Å². The number of carboxylic acid groups (broad SMARTS) is 1. The number of carbonyl (C=O) groups is 1. The molecule has 0 radical (unpaired) electrons. The molecule has 0 amide bonds. The van der Waals surface area contributed by atoms with Crippen molar-refractivity contribution in [2.24, 2.45) is 0 Å². The van der Waals surface area contributed by atoms with Crippen molar-refractivity contribution in [2.45, 2.75) is 195 Å². The fraction of sp³-hybridized carbons (Fsp3) is 0.421. The van der Waals surface area contributed by atoms with Gasteiger partial charge in [-0.2, -0.15) is 5.26 Å². The van der Waals surface area contributed by atoms with Crippen LogP contribution in [0, 0.1) is 11.3 Å². The average Bonchev–Trinajstić information content (AvgIpc) is 1.73. The predicted octanol–water partition coefficient (Wildman–Crippen LogP) is 22.7. The maximum absolute atomic E-state index is 12.2. The molecule has 0 atom stereocenters. The van der Waals surface area contributed by atoms with Gasteiger partial charge < -0.3 is 19.5 Å². The zero-order chi connectivity index (χ0) is 59.4. The van der Waals surface area contributed by atoms with E-state index in [1.165, 1.54) is 133 Å². The molecule has 85 heavy (non-hydrogen) atoms. The van der Waals surface area contributed by atoms with Crippen molar-refractivity contribution in [3.8, 4) is 60.0 Å². The number of aliphatic carboxylic acids is 1. The number of nitriles is 1. The molecule has 11 rings (SSSR count). The van der Waals surface area contributed by atoms with Gasteiger partial charge >= 0.3 is 5.97 Å². The van der Waals surface area contributed by atoms with Crippen LogP contribution in [0.2, 0.25) is 0 Å². The van der Waals surface area contributed by atoms with Crippen molar-refractivity contribution >= 4 is 72.5 Å². The molecule has 2 aliphatic carbocycles. The average molecular weight is 1190 g/mol. The highest BCUT2D eigenvalue weighted by molar-refractivity contribution is 7.32. The van der Waals surface area contributed by atoms with E-state index in [4.69, 9.17) is 9.47 Å². The Morgan fingerprint density at radius 2 is 0.953 bits per heavy atom.